The first-order valence-electron chi connectivity index (χ1n) is 6.67. The van der Waals surface area contributed by atoms with Crippen LogP contribution in [-0.2, 0) is 14.3 Å². The van der Waals surface area contributed by atoms with Crippen LogP contribution in [0.4, 0.5) is 0 Å². The Morgan fingerprint density at radius 3 is 2.60 bits per heavy atom. The minimum absolute atomic E-state index is 0.193. The lowest BCUT2D eigenvalue weighted by molar-refractivity contribution is -0.148. The van der Waals surface area contributed by atoms with Gasteiger partial charge in [-0.1, -0.05) is 0 Å². The van der Waals surface area contributed by atoms with Gasteiger partial charge in [-0.25, -0.2) is 14.3 Å². The van der Waals surface area contributed by atoms with Crippen molar-refractivity contribution in [2.45, 2.75) is 32.7 Å². The third-order valence-electron chi connectivity index (χ3n) is 3.05. The fourth-order valence-corrected chi connectivity index (χ4v) is 2.59. The van der Waals surface area contributed by atoms with Crippen LogP contribution in [0.1, 0.15) is 43.2 Å². The number of ether oxygens (including phenoxy) is 2. The Labute approximate surface area is 130 Å². The van der Waals surface area contributed by atoms with Crippen LogP contribution >= 0.6 is 22.6 Å². The van der Waals surface area contributed by atoms with Crippen molar-refractivity contribution in [2.75, 3.05) is 13.2 Å². The molecule has 7 heteroatoms. The molecule has 0 aliphatic heterocycles. The molecular formula is C13H17IN2O4. The van der Waals surface area contributed by atoms with E-state index in [4.69, 9.17) is 9.47 Å². The van der Waals surface area contributed by atoms with E-state index in [1.807, 2.05) is 22.6 Å². The Morgan fingerprint density at radius 1 is 1.40 bits per heavy atom. The highest BCUT2D eigenvalue weighted by Gasteiger charge is 2.41. The quantitative estimate of drug-likeness (QED) is 0.548. The standard InChI is InChI=1S/C13H17IN2O4/c1-3-19-12(17)9-7-10(14)15-16(9)11(8-5-6-8)13(18)20-4-2/h7-8,11H,3-6H2,1-2H3. The van der Waals surface area contributed by atoms with Gasteiger partial charge >= 0.3 is 11.9 Å². The van der Waals surface area contributed by atoms with Gasteiger partial charge in [-0.3, -0.25) is 0 Å². The number of carbonyl (C=O) groups excluding carboxylic acids is 2. The van der Waals surface area contributed by atoms with Crippen LogP contribution in [0.25, 0.3) is 0 Å². The minimum Gasteiger partial charge on any atom is -0.464 e. The van der Waals surface area contributed by atoms with Gasteiger partial charge in [0.05, 0.1) is 13.2 Å². The van der Waals surface area contributed by atoms with Crippen LogP contribution < -0.4 is 0 Å². The van der Waals surface area contributed by atoms with Crippen LogP contribution in [-0.4, -0.2) is 34.9 Å². The summed E-state index contributed by atoms with van der Waals surface area (Å²) in [6.07, 6.45) is 1.89. The van der Waals surface area contributed by atoms with Crippen molar-refractivity contribution >= 4 is 34.5 Å². The molecule has 1 saturated carbocycles. The highest BCUT2D eigenvalue weighted by Crippen LogP contribution is 2.41. The zero-order valence-corrected chi connectivity index (χ0v) is 13.6. The van der Waals surface area contributed by atoms with E-state index < -0.39 is 12.0 Å². The molecule has 0 aromatic carbocycles. The third kappa shape index (κ3) is 3.31. The van der Waals surface area contributed by atoms with Gasteiger partial charge in [0.15, 0.2) is 6.04 Å². The normalized spacial score (nSPS) is 15.8. The second-order valence-corrected chi connectivity index (χ2v) is 5.66. The van der Waals surface area contributed by atoms with Crippen molar-refractivity contribution in [1.82, 2.24) is 9.78 Å². The van der Waals surface area contributed by atoms with E-state index in [1.54, 1.807) is 19.9 Å². The van der Waals surface area contributed by atoms with Crippen molar-refractivity contribution < 1.29 is 19.1 Å². The largest absolute Gasteiger partial charge is 0.464 e. The summed E-state index contributed by atoms with van der Waals surface area (Å²) < 4.78 is 12.2. The topological polar surface area (TPSA) is 70.4 Å². The van der Waals surface area contributed by atoms with E-state index in [2.05, 4.69) is 5.10 Å². The molecule has 2 rings (SSSR count). The first-order chi connectivity index (χ1) is 9.58. The summed E-state index contributed by atoms with van der Waals surface area (Å²) in [5.74, 6) is -0.601. The van der Waals surface area contributed by atoms with Crippen LogP contribution in [0.15, 0.2) is 6.07 Å². The maximum atomic E-state index is 12.1. The van der Waals surface area contributed by atoms with Gasteiger partial charge in [-0.05, 0) is 55.2 Å². The number of hydrogen-bond acceptors (Lipinski definition) is 5. The van der Waals surface area contributed by atoms with Gasteiger partial charge in [-0.2, -0.15) is 5.10 Å². The molecule has 1 aromatic heterocycles. The fourth-order valence-electron chi connectivity index (χ4n) is 2.07. The highest BCUT2D eigenvalue weighted by molar-refractivity contribution is 14.1. The molecule has 0 amide bonds. The molecule has 1 unspecified atom stereocenters. The molecule has 1 aromatic rings. The summed E-state index contributed by atoms with van der Waals surface area (Å²) in [5.41, 5.74) is 0.307. The number of hydrogen-bond donors (Lipinski definition) is 0. The molecule has 0 spiro atoms. The molecule has 1 fully saturated rings. The average Bonchev–Trinajstić information content (AvgIpc) is 3.13. The molecule has 110 valence electrons. The van der Waals surface area contributed by atoms with Gasteiger partial charge < -0.3 is 9.47 Å². The van der Waals surface area contributed by atoms with Gasteiger partial charge in [0.2, 0.25) is 0 Å². The predicted molar refractivity (Wildman–Crippen MR) is 79.3 cm³/mol. The fraction of sp³-hybridized carbons (Fsp3) is 0.615. The molecule has 0 saturated heterocycles. The molecule has 0 bridgehead atoms. The van der Waals surface area contributed by atoms with E-state index in [9.17, 15) is 9.59 Å². The van der Waals surface area contributed by atoms with Crippen molar-refractivity contribution in [3.05, 3.63) is 15.5 Å². The maximum absolute atomic E-state index is 12.1. The Balaban J connectivity index is 2.33. The van der Waals surface area contributed by atoms with E-state index in [1.165, 1.54) is 4.68 Å². The number of aromatic nitrogens is 2. The zero-order valence-electron chi connectivity index (χ0n) is 11.5. The lowest BCUT2D eigenvalue weighted by atomic mass is 10.2. The first kappa shape index (κ1) is 15.3. The van der Waals surface area contributed by atoms with Crippen molar-refractivity contribution in [1.29, 1.82) is 0 Å². The van der Waals surface area contributed by atoms with Crippen molar-refractivity contribution in [3.63, 3.8) is 0 Å². The number of carbonyl (C=O) groups is 2. The minimum atomic E-state index is -0.530. The monoisotopic (exact) mass is 392 g/mol. The molecule has 6 nitrogen and oxygen atoms in total. The smallest absolute Gasteiger partial charge is 0.356 e. The molecule has 0 radical (unpaired) electrons. The molecule has 1 heterocycles. The summed E-state index contributed by atoms with van der Waals surface area (Å²) in [6, 6.07) is 1.10. The number of esters is 2. The van der Waals surface area contributed by atoms with E-state index in [0.29, 0.717) is 16.0 Å². The summed E-state index contributed by atoms with van der Waals surface area (Å²) in [6.45, 7) is 4.11. The van der Waals surface area contributed by atoms with Gasteiger partial charge in [0, 0.05) is 6.07 Å². The van der Waals surface area contributed by atoms with Crippen LogP contribution in [0, 0.1) is 9.62 Å². The Morgan fingerprint density at radius 2 is 2.05 bits per heavy atom. The summed E-state index contributed by atoms with van der Waals surface area (Å²) >= 11 is 2.02. The molecule has 1 atom stereocenters. The zero-order chi connectivity index (χ0) is 14.7. The Bertz CT molecular complexity index is 510. The number of halogens is 1. The van der Waals surface area contributed by atoms with Gasteiger partial charge in [0.25, 0.3) is 0 Å². The molecular weight excluding hydrogens is 375 g/mol. The summed E-state index contributed by atoms with van der Waals surface area (Å²) in [5, 5.41) is 4.28. The second kappa shape index (κ2) is 6.55. The first-order valence-corrected chi connectivity index (χ1v) is 7.75. The van der Waals surface area contributed by atoms with Crippen LogP contribution in [0.3, 0.4) is 0 Å². The molecule has 1 aliphatic rings. The highest BCUT2D eigenvalue weighted by atomic mass is 127. The van der Waals surface area contributed by atoms with Gasteiger partial charge in [-0.15, -0.1) is 0 Å². The Kier molecular flexibility index (Phi) is 5.00. The number of rotatable bonds is 6. The van der Waals surface area contributed by atoms with Crippen molar-refractivity contribution in [2.24, 2.45) is 5.92 Å². The lowest BCUT2D eigenvalue weighted by Crippen LogP contribution is -2.28. The SMILES string of the molecule is CCOC(=O)c1cc(I)nn1C(C(=O)OCC)C1CC1. The van der Waals surface area contributed by atoms with Crippen LogP contribution in [0.2, 0.25) is 0 Å². The molecule has 1 aliphatic carbocycles. The second-order valence-electron chi connectivity index (χ2n) is 4.55. The average molecular weight is 392 g/mol. The van der Waals surface area contributed by atoms with Crippen LogP contribution in [0.5, 0.6) is 0 Å². The predicted octanol–water partition coefficient (Wildman–Crippen LogP) is 2.18. The summed E-state index contributed by atoms with van der Waals surface area (Å²) in [7, 11) is 0. The van der Waals surface area contributed by atoms with Gasteiger partial charge in [0.1, 0.15) is 9.39 Å². The summed E-state index contributed by atoms with van der Waals surface area (Å²) in [4.78, 5) is 24.1. The Hall–Kier alpha value is -1.12. The third-order valence-corrected chi connectivity index (χ3v) is 3.58. The molecule has 0 N–H and O–H groups in total. The maximum Gasteiger partial charge on any atom is 0.356 e. The number of nitrogens with zero attached hydrogens (tertiary/aromatic N) is 2. The van der Waals surface area contributed by atoms with E-state index >= 15 is 0 Å². The van der Waals surface area contributed by atoms with E-state index in [-0.39, 0.29) is 18.5 Å². The lowest BCUT2D eigenvalue weighted by Gasteiger charge is -2.17. The molecule has 20 heavy (non-hydrogen) atoms. The van der Waals surface area contributed by atoms with Crippen molar-refractivity contribution in [3.8, 4) is 0 Å². The van der Waals surface area contributed by atoms with E-state index in [0.717, 1.165) is 12.8 Å².